The predicted octanol–water partition coefficient (Wildman–Crippen LogP) is 3.03. The van der Waals surface area contributed by atoms with Crippen LogP contribution >= 0.6 is 15.9 Å². The second-order valence-corrected chi connectivity index (χ2v) is 5.02. The fourth-order valence-electron chi connectivity index (χ4n) is 1.67. The van der Waals surface area contributed by atoms with Crippen LogP contribution in [-0.4, -0.2) is 5.91 Å². The lowest BCUT2D eigenvalue weighted by molar-refractivity contribution is 0.102. The second-order valence-electron chi connectivity index (χ2n) is 4.16. The Morgan fingerprint density at radius 2 is 1.95 bits per heavy atom. The molecule has 2 rings (SSSR count). The van der Waals surface area contributed by atoms with E-state index in [-0.39, 0.29) is 5.91 Å². The molecule has 0 fully saturated rings. The third-order valence-corrected chi connectivity index (χ3v) is 3.45. The minimum Gasteiger partial charge on any atom is -0.326 e. The first kappa shape index (κ1) is 14.3. The predicted molar refractivity (Wildman–Crippen MR) is 81.1 cm³/mol. The molecule has 0 radical (unpaired) electrons. The number of nitrogens with zero attached hydrogens (tertiary/aromatic N) is 1. The van der Waals surface area contributed by atoms with Crippen LogP contribution in [0.2, 0.25) is 0 Å². The van der Waals surface area contributed by atoms with Crippen molar-refractivity contribution in [2.24, 2.45) is 5.73 Å². The number of benzene rings is 2. The number of nitrogens with two attached hydrogens (primary N) is 1. The number of carbonyl (C=O) groups excluding carboxylic acids is 1. The molecule has 1 amide bonds. The van der Waals surface area contributed by atoms with Crippen molar-refractivity contribution in [2.45, 2.75) is 6.54 Å². The van der Waals surface area contributed by atoms with Crippen molar-refractivity contribution in [1.82, 2.24) is 0 Å². The first-order valence-corrected chi connectivity index (χ1v) is 6.73. The molecular formula is C15H12BrN3O. The lowest BCUT2D eigenvalue weighted by Gasteiger charge is -2.08. The summed E-state index contributed by atoms with van der Waals surface area (Å²) < 4.78 is 0.670. The summed E-state index contributed by atoms with van der Waals surface area (Å²) in [6, 6.07) is 14.1. The van der Waals surface area contributed by atoms with Gasteiger partial charge in [-0.3, -0.25) is 4.79 Å². The van der Waals surface area contributed by atoms with Gasteiger partial charge in [-0.2, -0.15) is 5.26 Å². The fraction of sp³-hybridized carbons (Fsp3) is 0.0667. The molecule has 0 aromatic heterocycles. The lowest BCUT2D eigenvalue weighted by Crippen LogP contribution is -2.12. The monoisotopic (exact) mass is 329 g/mol. The van der Waals surface area contributed by atoms with Gasteiger partial charge >= 0.3 is 0 Å². The highest BCUT2D eigenvalue weighted by molar-refractivity contribution is 9.10. The molecule has 0 unspecified atom stereocenters. The standard InChI is InChI=1S/C15H12BrN3O/c16-13-7-11(9-18)3-6-14(13)19-15(20)12-4-1-10(8-17)2-5-12/h1-7H,8,17H2,(H,19,20). The van der Waals surface area contributed by atoms with Gasteiger partial charge in [0.25, 0.3) is 5.91 Å². The molecular weight excluding hydrogens is 318 g/mol. The Hall–Kier alpha value is -2.16. The normalized spacial score (nSPS) is 9.85. The number of anilines is 1. The van der Waals surface area contributed by atoms with Crippen LogP contribution in [0.5, 0.6) is 0 Å². The summed E-state index contributed by atoms with van der Waals surface area (Å²) in [4.78, 5) is 12.1. The molecule has 0 bridgehead atoms. The molecule has 0 aliphatic carbocycles. The highest BCUT2D eigenvalue weighted by atomic mass is 79.9. The topological polar surface area (TPSA) is 78.9 Å². The van der Waals surface area contributed by atoms with Crippen LogP contribution in [0.4, 0.5) is 5.69 Å². The number of halogens is 1. The highest BCUT2D eigenvalue weighted by Crippen LogP contribution is 2.24. The van der Waals surface area contributed by atoms with Gasteiger partial charge in [0.1, 0.15) is 0 Å². The van der Waals surface area contributed by atoms with E-state index in [1.165, 1.54) is 0 Å². The summed E-state index contributed by atoms with van der Waals surface area (Å²) in [7, 11) is 0. The van der Waals surface area contributed by atoms with Gasteiger partial charge in [0.2, 0.25) is 0 Å². The molecule has 0 aliphatic heterocycles. The van der Waals surface area contributed by atoms with Crippen molar-refractivity contribution in [3.63, 3.8) is 0 Å². The summed E-state index contributed by atoms with van der Waals surface area (Å²) in [6.07, 6.45) is 0. The molecule has 3 N–H and O–H groups in total. The van der Waals surface area contributed by atoms with Crippen LogP contribution in [0.1, 0.15) is 21.5 Å². The van der Waals surface area contributed by atoms with E-state index < -0.39 is 0 Å². The number of hydrogen-bond donors (Lipinski definition) is 2. The SMILES string of the molecule is N#Cc1ccc(NC(=O)c2ccc(CN)cc2)c(Br)c1. The van der Waals surface area contributed by atoms with Gasteiger partial charge in [-0.1, -0.05) is 12.1 Å². The van der Waals surface area contributed by atoms with Gasteiger partial charge in [-0.15, -0.1) is 0 Å². The number of carbonyl (C=O) groups is 1. The molecule has 0 atom stereocenters. The minimum absolute atomic E-state index is 0.209. The van der Waals surface area contributed by atoms with E-state index in [2.05, 4.69) is 21.2 Å². The van der Waals surface area contributed by atoms with Crippen molar-refractivity contribution in [2.75, 3.05) is 5.32 Å². The maximum atomic E-state index is 12.1. The zero-order valence-electron chi connectivity index (χ0n) is 10.6. The average Bonchev–Trinajstić information content (AvgIpc) is 2.49. The van der Waals surface area contributed by atoms with Gasteiger partial charge in [0, 0.05) is 16.6 Å². The zero-order valence-corrected chi connectivity index (χ0v) is 12.1. The average molecular weight is 330 g/mol. The summed E-state index contributed by atoms with van der Waals surface area (Å²) >= 11 is 3.33. The largest absolute Gasteiger partial charge is 0.326 e. The van der Waals surface area contributed by atoms with Crippen molar-refractivity contribution >= 4 is 27.5 Å². The number of nitrogens with one attached hydrogen (secondary N) is 1. The van der Waals surface area contributed by atoms with Crippen LogP contribution in [0.15, 0.2) is 46.9 Å². The van der Waals surface area contributed by atoms with Crippen molar-refractivity contribution in [3.05, 3.63) is 63.6 Å². The molecule has 0 saturated carbocycles. The van der Waals surface area contributed by atoms with Crippen molar-refractivity contribution < 1.29 is 4.79 Å². The summed E-state index contributed by atoms with van der Waals surface area (Å²) in [5.74, 6) is -0.209. The second kappa shape index (κ2) is 6.33. The van der Waals surface area contributed by atoms with Gasteiger partial charge in [-0.25, -0.2) is 0 Å². The third kappa shape index (κ3) is 3.23. The Kier molecular flexibility index (Phi) is 4.51. The van der Waals surface area contributed by atoms with Gasteiger partial charge in [0.05, 0.1) is 17.3 Å². The van der Waals surface area contributed by atoms with Crippen LogP contribution in [0.25, 0.3) is 0 Å². The Morgan fingerprint density at radius 3 is 2.50 bits per heavy atom. The molecule has 4 nitrogen and oxygen atoms in total. The van der Waals surface area contributed by atoms with Gasteiger partial charge < -0.3 is 11.1 Å². The minimum atomic E-state index is -0.209. The van der Waals surface area contributed by atoms with Crippen LogP contribution < -0.4 is 11.1 Å². The van der Waals surface area contributed by atoms with E-state index >= 15 is 0 Å². The number of rotatable bonds is 3. The van der Waals surface area contributed by atoms with E-state index in [4.69, 9.17) is 11.0 Å². The molecule has 20 heavy (non-hydrogen) atoms. The Morgan fingerprint density at radius 1 is 1.25 bits per heavy atom. The lowest BCUT2D eigenvalue weighted by atomic mass is 10.1. The zero-order chi connectivity index (χ0) is 14.5. The highest BCUT2D eigenvalue weighted by Gasteiger charge is 2.08. The summed E-state index contributed by atoms with van der Waals surface area (Å²) in [5.41, 5.74) is 8.19. The Balaban J connectivity index is 2.17. The van der Waals surface area contributed by atoms with E-state index in [0.29, 0.717) is 27.8 Å². The molecule has 0 heterocycles. The third-order valence-electron chi connectivity index (χ3n) is 2.80. The summed E-state index contributed by atoms with van der Waals surface area (Å²) in [6.45, 7) is 0.447. The molecule has 0 aliphatic rings. The van der Waals surface area contributed by atoms with E-state index in [1.807, 2.05) is 18.2 Å². The van der Waals surface area contributed by atoms with E-state index in [0.717, 1.165) is 5.56 Å². The van der Waals surface area contributed by atoms with Crippen molar-refractivity contribution in [1.29, 1.82) is 5.26 Å². The Labute approximate surface area is 125 Å². The van der Waals surface area contributed by atoms with Crippen LogP contribution in [0.3, 0.4) is 0 Å². The first-order chi connectivity index (χ1) is 9.63. The molecule has 2 aromatic carbocycles. The molecule has 0 spiro atoms. The molecule has 100 valence electrons. The smallest absolute Gasteiger partial charge is 0.255 e. The number of nitriles is 1. The van der Waals surface area contributed by atoms with E-state index in [1.54, 1.807) is 30.3 Å². The maximum Gasteiger partial charge on any atom is 0.255 e. The fourth-order valence-corrected chi connectivity index (χ4v) is 2.15. The van der Waals surface area contributed by atoms with Gasteiger partial charge in [-0.05, 0) is 51.8 Å². The quantitative estimate of drug-likeness (QED) is 0.908. The molecule has 0 saturated heterocycles. The molecule has 2 aromatic rings. The van der Waals surface area contributed by atoms with Crippen LogP contribution in [-0.2, 0) is 6.54 Å². The molecule has 5 heteroatoms. The number of hydrogen-bond acceptors (Lipinski definition) is 3. The first-order valence-electron chi connectivity index (χ1n) is 5.94. The van der Waals surface area contributed by atoms with Crippen molar-refractivity contribution in [3.8, 4) is 6.07 Å². The van der Waals surface area contributed by atoms with Crippen LogP contribution in [0, 0.1) is 11.3 Å². The van der Waals surface area contributed by atoms with Gasteiger partial charge in [0.15, 0.2) is 0 Å². The maximum absolute atomic E-state index is 12.1. The summed E-state index contributed by atoms with van der Waals surface area (Å²) in [5, 5.41) is 11.6. The van der Waals surface area contributed by atoms with E-state index in [9.17, 15) is 4.79 Å². The number of amides is 1. The Bertz CT molecular complexity index is 675.